The van der Waals surface area contributed by atoms with E-state index in [1.165, 1.54) is 24.0 Å². The highest BCUT2D eigenvalue weighted by Gasteiger charge is 2.22. The smallest absolute Gasteiger partial charge is 0.0722 e. The molecule has 1 saturated carbocycles. The molecule has 25 heavy (non-hydrogen) atoms. The molecule has 0 aromatic heterocycles. The Morgan fingerprint density at radius 1 is 0.840 bits per heavy atom. The Morgan fingerprint density at radius 3 is 2.08 bits per heavy atom. The van der Waals surface area contributed by atoms with Crippen LogP contribution in [0.5, 0.6) is 0 Å². The molecule has 4 heteroatoms. The molecule has 0 unspecified atom stereocenters. The minimum atomic E-state index is 0.326. The minimum Gasteiger partial charge on any atom is -0.399 e. The van der Waals surface area contributed by atoms with Gasteiger partial charge in [-0.25, -0.2) is 0 Å². The monoisotopic (exact) mass is 340 g/mol. The van der Waals surface area contributed by atoms with E-state index in [1.54, 1.807) is 13.2 Å². The van der Waals surface area contributed by atoms with Crippen LogP contribution >= 0.6 is 0 Å². The van der Waals surface area contributed by atoms with Crippen LogP contribution in [0.15, 0.2) is 42.5 Å². The molecule has 2 aromatic rings. The second kappa shape index (κ2) is 8.37. The van der Waals surface area contributed by atoms with Gasteiger partial charge in [-0.2, -0.15) is 0 Å². The van der Waals surface area contributed by atoms with Crippen LogP contribution in [0, 0.1) is 0 Å². The Labute approximate surface area is 150 Å². The Hall–Kier alpha value is -2.04. The molecule has 1 fully saturated rings. The van der Waals surface area contributed by atoms with Crippen LogP contribution in [0.2, 0.25) is 0 Å². The number of nitrogen functional groups attached to an aromatic ring is 2. The molecule has 3 rings (SSSR count). The van der Waals surface area contributed by atoms with Gasteiger partial charge in [0.15, 0.2) is 0 Å². The predicted octanol–water partition coefficient (Wildman–Crippen LogP) is 4.24. The highest BCUT2D eigenvalue weighted by atomic mass is 16.5. The minimum absolute atomic E-state index is 0.326. The maximum Gasteiger partial charge on any atom is 0.0722 e. The third-order valence-electron chi connectivity index (χ3n) is 4.96. The number of nitrogens with two attached hydrogens (primary N) is 2. The van der Waals surface area contributed by atoms with Gasteiger partial charge in [-0.3, -0.25) is 0 Å². The maximum absolute atomic E-state index is 6.09. The fourth-order valence-corrected chi connectivity index (χ4v) is 3.66. The van der Waals surface area contributed by atoms with E-state index in [-0.39, 0.29) is 0 Å². The molecule has 0 heterocycles. The molecule has 4 N–H and O–H groups in total. The zero-order valence-corrected chi connectivity index (χ0v) is 14.9. The average Bonchev–Trinajstić information content (AvgIpc) is 2.61. The molecule has 0 amide bonds. The molecule has 0 saturated heterocycles. The normalized spacial score (nSPS) is 20.5. The second-order valence-electron chi connectivity index (χ2n) is 6.97. The van der Waals surface area contributed by atoms with E-state index < -0.39 is 0 Å². The summed E-state index contributed by atoms with van der Waals surface area (Å²) in [5.74, 6) is 0.638. The van der Waals surface area contributed by atoms with Crippen molar-refractivity contribution in [3.8, 4) is 0 Å². The summed E-state index contributed by atoms with van der Waals surface area (Å²) in [7, 11) is 1.73. The molecule has 1 aliphatic rings. The van der Waals surface area contributed by atoms with E-state index in [9.17, 15) is 0 Å². The summed E-state index contributed by atoms with van der Waals surface area (Å²) in [5.41, 5.74) is 16.8. The Bertz CT molecular complexity index is 657. The SMILES string of the molecule is COCc1ccc(C2CCC(OCc3cc(N)cc(N)c3)CC2)cc1. The number of rotatable bonds is 6. The number of benzene rings is 2. The van der Waals surface area contributed by atoms with Crippen molar-refractivity contribution in [3.05, 3.63) is 59.2 Å². The molecule has 4 nitrogen and oxygen atoms in total. The lowest BCUT2D eigenvalue weighted by molar-refractivity contribution is 0.0133. The van der Waals surface area contributed by atoms with Gasteiger partial charge in [0.2, 0.25) is 0 Å². The fourth-order valence-electron chi connectivity index (χ4n) is 3.66. The van der Waals surface area contributed by atoms with Crippen molar-refractivity contribution in [1.82, 2.24) is 0 Å². The lowest BCUT2D eigenvalue weighted by atomic mass is 9.82. The molecule has 2 aromatic carbocycles. The van der Waals surface area contributed by atoms with Crippen molar-refractivity contribution in [2.75, 3.05) is 18.6 Å². The maximum atomic E-state index is 6.09. The molecule has 134 valence electrons. The van der Waals surface area contributed by atoms with Gasteiger partial charge in [-0.05, 0) is 66.5 Å². The second-order valence-corrected chi connectivity index (χ2v) is 6.97. The molecule has 0 aliphatic heterocycles. The molecule has 0 atom stereocenters. The van der Waals surface area contributed by atoms with Gasteiger partial charge in [0.05, 0.1) is 19.3 Å². The lowest BCUT2D eigenvalue weighted by Crippen LogP contribution is -2.20. The van der Waals surface area contributed by atoms with Gasteiger partial charge in [0, 0.05) is 18.5 Å². The zero-order valence-electron chi connectivity index (χ0n) is 14.9. The summed E-state index contributed by atoms with van der Waals surface area (Å²) in [6.07, 6.45) is 4.87. The van der Waals surface area contributed by atoms with Crippen LogP contribution in [0.25, 0.3) is 0 Å². The highest BCUT2D eigenvalue weighted by Crippen LogP contribution is 2.34. The van der Waals surface area contributed by atoms with Crippen molar-refractivity contribution in [1.29, 1.82) is 0 Å². The third-order valence-corrected chi connectivity index (χ3v) is 4.96. The number of hydrogen-bond acceptors (Lipinski definition) is 4. The number of methoxy groups -OCH3 is 1. The van der Waals surface area contributed by atoms with E-state index in [1.807, 2.05) is 12.1 Å². The quantitative estimate of drug-likeness (QED) is 0.772. The van der Waals surface area contributed by atoms with Crippen LogP contribution < -0.4 is 11.5 Å². The molecule has 1 aliphatic carbocycles. The first-order chi connectivity index (χ1) is 12.1. The molecule has 0 spiro atoms. The van der Waals surface area contributed by atoms with Crippen molar-refractivity contribution in [3.63, 3.8) is 0 Å². The van der Waals surface area contributed by atoms with E-state index in [2.05, 4.69) is 24.3 Å². The summed E-state index contributed by atoms with van der Waals surface area (Å²) >= 11 is 0. The topological polar surface area (TPSA) is 70.5 Å². The van der Waals surface area contributed by atoms with Crippen molar-refractivity contribution in [2.24, 2.45) is 0 Å². The number of ether oxygens (including phenoxy) is 2. The Balaban J connectivity index is 1.48. The summed E-state index contributed by atoms with van der Waals surface area (Å²) < 4.78 is 11.3. The first kappa shape index (κ1) is 17.8. The first-order valence-electron chi connectivity index (χ1n) is 8.98. The predicted molar refractivity (Wildman–Crippen MR) is 102 cm³/mol. The number of hydrogen-bond donors (Lipinski definition) is 2. The van der Waals surface area contributed by atoms with E-state index in [0.717, 1.165) is 18.4 Å². The van der Waals surface area contributed by atoms with Crippen LogP contribution in [0.4, 0.5) is 11.4 Å². The third kappa shape index (κ3) is 4.97. The van der Waals surface area contributed by atoms with Crippen LogP contribution in [-0.2, 0) is 22.7 Å². The summed E-state index contributed by atoms with van der Waals surface area (Å²) in [4.78, 5) is 0. The largest absolute Gasteiger partial charge is 0.399 e. The van der Waals surface area contributed by atoms with Gasteiger partial charge in [-0.1, -0.05) is 24.3 Å². The van der Waals surface area contributed by atoms with Gasteiger partial charge >= 0.3 is 0 Å². The number of anilines is 2. The first-order valence-corrected chi connectivity index (χ1v) is 8.98. The lowest BCUT2D eigenvalue weighted by Gasteiger charge is -2.29. The van der Waals surface area contributed by atoms with E-state index in [4.69, 9.17) is 20.9 Å². The van der Waals surface area contributed by atoms with Crippen LogP contribution in [-0.4, -0.2) is 13.2 Å². The van der Waals surface area contributed by atoms with Crippen molar-refractivity contribution in [2.45, 2.75) is 50.9 Å². The van der Waals surface area contributed by atoms with Gasteiger partial charge in [0.25, 0.3) is 0 Å². The van der Waals surface area contributed by atoms with Crippen molar-refractivity contribution >= 4 is 11.4 Å². The van der Waals surface area contributed by atoms with Crippen LogP contribution in [0.1, 0.15) is 48.3 Å². The summed E-state index contributed by atoms with van der Waals surface area (Å²) in [6, 6.07) is 14.5. The average molecular weight is 340 g/mol. The highest BCUT2D eigenvalue weighted by molar-refractivity contribution is 5.54. The zero-order chi connectivity index (χ0) is 17.6. The van der Waals surface area contributed by atoms with Crippen molar-refractivity contribution < 1.29 is 9.47 Å². The molecule has 0 bridgehead atoms. The van der Waals surface area contributed by atoms with Crippen LogP contribution in [0.3, 0.4) is 0 Å². The van der Waals surface area contributed by atoms with E-state index in [0.29, 0.717) is 36.6 Å². The summed E-state index contributed by atoms with van der Waals surface area (Å²) in [6.45, 7) is 1.26. The van der Waals surface area contributed by atoms with Gasteiger partial charge in [0.1, 0.15) is 0 Å². The summed E-state index contributed by atoms with van der Waals surface area (Å²) in [5, 5.41) is 0. The molecular formula is C21H28N2O2. The Kier molecular flexibility index (Phi) is 5.95. The van der Waals surface area contributed by atoms with E-state index >= 15 is 0 Å². The van der Waals surface area contributed by atoms with Gasteiger partial charge < -0.3 is 20.9 Å². The fraction of sp³-hybridized carbons (Fsp3) is 0.429. The molecular weight excluding hydrogens is 312 g/mol. The molecule has 0 radical (unpaired) electrons. The standard InChI is InChI=1S/C21H28N2O2/c1-24-13-15-2-4-17(5-3-15)18-6-8-21(9-7-18)25-14-16-10-19(22)12-20(23)11-16/h2-5,10-12,18,21H,6-9,13-14,22-23H2,1H3. The van der Waals surface area contributed by atoms with Gasteiger partial charge in [-0.15, -0.1) is 0 Å². The Morgan fingerprint density at radius 2 is 1.48 bits per heavy atom.